The van der Waals surface area contributed by atoms with Crippen LogP contribution in [0.3, 0.4) is 0 Å². The molecule has 0 saturated heterocycles. The van der Waals surface area contributed by atoms with Crippen LogP contribution in [-0.4, -0.2) is 12.2 Å². The van der Waals surface area contributed by atoms with E-state index >= 15 is 0 Å². The average molecular weight is 383 g/mol. The molecule has 1 amide bonds. The highest BCUT2D eigenvalue weighted by atomic mass is 16.6. The van der Waals surface area contributed by atoms with E-state index in [1.54, 1.807) is 0 Å². The predicted octanol–water partition coefficient (Wildman–Crippen LogP) is 6.70. The van der Waals surface area contributed by atoms with Crippen molar-refractivity contribution in [3.8, 4) is 0 Å². The van der Waals surface area contributed by atoms with Gasteiger partial charge in [0.15, 0.2) is 0 Å². The van der Waals surface area contributed by atoms with E-state index in [0.29, 0.717) is 6.54 Å². The molecular weight excluding hydrogens is 346 g/mol. The zero-order chi connectivity index (χ0) is 20.4. The van der Waals surface area contributed by atoms with Crippen LogP contribution in [0, 0.1) is 6.42 Å². The van der Waals surface area contributed by atoms with E-state index in [-0.39, 0.29) is 21.0 Å². The summed E-state index contributed by atoms with van der Waals surface area (Å²) in [6.07, 6.45) is 5.74. The molecule has 0 bridgehead atoms. The quantitative estimate of drug-likeness (QED) is 0.551. The maximum atomic E-state index is 12.3. The Kier molecular flexibility index (Phi) is 8.80. The molecule has 3 nitrogen and oxygen atoms in total. The van der Waals surface area contributed by atoms with Gasteiger partial charge in [-0.05, 0) is 30.0 Å². The first kappa shape index (κ1) is 21.7. The highest BCUT2D eigenvalue weighted by molar-refractivity contribution is 5.67. The van der Waals surface area contributed by atoms with Gasteiger partial charge in [-0.15, -0.1) is 0 Å². The summed E-state index contributed by atoms with van der Waals surface area (Å²) < 4.78 is 5.71. The molecule has 3 rings (SSSR count). The van der Waals surface area contributed by atoms with E-state index in [9.17, 15) is 4.79 Å². The molecule has 1 N–H and O–H groups in total. The van der Waals surface area contributed by atoms with Gasteiger partial charge in [0.25, 0.3) is 0 Å². The van der Waals surface area contributed by atoms with Gasteiger partial charge in [0.1, 0.15) is 6.10 Å². The summed E-state index contributed by atoms with van der Waals surface area (Å²) in [6, 6.07) is 18.3. The Hall–Kier alpha value is -2.55. The minimum atomic E-state index is -0.374. The molecule has 0 fully saturated rings. The fourth-order valence-corrected chi connectivity index (χ4v) is 3.34. The number of carbonyl (C=O) groups is 1. The largest absolute Gasteiger partial charge is 0.446 e. The SMILES string of the molecule is CC.CCCc1ccccc1[C@@H](C1=C[CH]1)[C@@H](C)OC(=O)NCc1ccccc1.[HH].[HH]. The molecular formula is C25H36NO2. The second-order valence-electron chi connectivity index (χ2n) is 6.71. The molecule has 2 atom stereocenters. The summed E-state index contributed by atoms with van der Waals surface area (Å²) in [5.74, 6) is 0.0974. The fourth-order valence-electron chi connectivity index (χ4n) is 3.34. The van der Waals surface area contributed by atoms with E-state index in [1.165, 1.54) is 16.7 Å². The van der Waals surface area contributed by atoms with E-state index in [2.05, 4.69) is 49.0 Å². The van der Waals surface area contributed by atoms with Crippen molar-refractivity contribution in [3.63, 3.8) is 0 Å². The number of alkyl carbamates (subject to hydrolysis) is 1. The topological polar surface area (TPSA) is 38.3 Å². The second kappa shape index (κ2) is 11.3. The minimum absolute atomic E-state index is 0. The van der Waals surface area contributed by atoms with Crippen LogP contribution >= 0.6 is 0 Å². The van der Waals surface area contributed by atoms with Crippen LogP contribution in [0.15, 0.2) is 66.2 Å². The third kappa shape index (κ3) is 6.26. The van der Waals surface area contributed by atoms with Gasteiger partial charge in [0, 0.05) is 21.7 Å². The first-order chi connectivity index (χ1) is 13.7. The van der Waals surface area contributed by atoms with Crippen molar-refractivity contribution in [2.75, 3.05) is 0 Å². The third-order valence-corrected chi connectivity index (χ3v) is 4.67. The van der Waals surface area contributed by atoms with Crippen molar-refractivity contribution >= 4 is 6.09 Å². The molecule has 2 aromatic carbocycles. The van der Waals surface area contributed by atoms with Crippen molar-refractivity contribution in [2.45, 2.75) is 59.1 Å². The molecule has 0 unspecified atom stereocenters. The van der Waals surface area contributed by atoms with Crippen molar-refractivity contribution in [1.82, 2.24) is 5.32 Å². The normalized spacial score (nSPS) is 14.1. The van der Waals surface area contributed by atoms with Gasteiger partial charge in [-0.25, -0.2) is 4.79 Å². The van der Waals surface area contributed by atoms with Gasteiger partial charge in [-0.3, -0.25) is 0 Å². The Morgan fingerprint density at radius 3 is 2.36 bits per heavy atom. The van der Waals surface area contributed by atoms with Crippen LogP contribution < -0.4 is 5.32 Å². The molecule has 0 saturated carbocycles. The molecule has 1 aliphatic carbocycles. The summed E-state index contributed by atoms with van der Waals surface area (Å²) in [5, 5.41) is 2.84. The van der Waals surface area contributed by atoms with Gasteiger partial charge in [0.2, 0.25) is 0 Å². The van der Waals surface area contributed by atoms with E-state index in [0.717, 1.165) is 18.4 Å². The van der Waals surface area contributed by atoms with Crippen LogP contribution in [-0.2, 0) is 17.7 Å². The third-order valence-electron chi connectivity index (χ3n) is 4.67. The van der Waals surface area contributed by atoms with E-state index in [1.807, 2.05) is 51.1 Å². The van der Waals surface area contributed by atoms with Crippen LogP contribution in [0.4, 0.5) is 4.79 Å². The molecule has 1 radical (unpaired) electrons. The predicted molar refractivity (Wildman–Crippen MR) is 120 cm³/mol. The lowest BCUT2D eigenvalue weighted by molar-refractivity contribution is 0.0980. The summed E-state index contributed by atoms with van der Waals surface area (Å²) in [7, 11) is 0. The fraction of sp³-hybridized carbons (Fsp3) is 0.360. The minimum Gasteiger partial charge on any atom is -0.446 e. The molecule has 3 heteroatoms. The number of aryl methyl sites for hydroxylation is 1. The summed E-state index contributed by atoms with van der Waals surface area (Å²) in [4.78, 5) is 12.3. The van der Waals surface area contributed by atoms with Crippen molar-refractivity contribution in [1.29, 1.82) is 0 Å². The molecule has 0 spiro atoms. The molecule has 0 aliphatic heterocycles. The highest BCUT2D eigenvalue weighted by Gasteiger charge is 2.31. The zero-order valence-corrected chi connectivity index (χ0v) is 17.4. The lowest BCUT2D eigenvalue weighted by Crippen LogP contribution is -2.30. The molecule has 28 heavy (non-hydrogen) atoms. The van der Waals surface area contributed by atoms with Crippen molar-refractivity contribution in [3.05, 3.63) is 89.4 Å². The number of benzene rings is 2. The van der Waals surface area contributed by atoms with Crippen LogP contribution in [0.1, 0.15) is 59.6 Å². The van der Waals surface area contributed by atoms with Crippen LogP contribution in [0.2, 0.25) is 0 Å². The molecule has 0 aromatic heterocycles. The van der Waals surface area contributed by atoms with Crippen LogP contribution in [0.5, 0.6) is 0 Å². The summed E-state index contributed by atoms with van der Waals surface area (Å²) >= 11 is 0. The number of hydrogen-bond donors (Lipinski definition) is 1. The van der Waals surface area contributed by atoms with E-state index < -0.39 is 0 Å². The number of rotatable bonds is 8. The Bertz CT molecular complexity index is 778. The average Bonchev–Trinajstić information content (AvgIpc) is 3.55. The van der Waals surface area contributed by atoms with E-state index in [4.69, 9.17) is 4.74 Å². The number of amides is 1. The molecule has 0 heterocycles. The van der Waals surface area contributed by atoms with Crippen LogP contribution in [0.25, 0.3) is 0 Å². The number of hydrogen-bond acceptors (Lipinski definition) is 2. The van der Waals surface area contributed by atoms with Gasteiger partial charge in [-0.2, -0.15) is 0 Å². The number of allylic oxidation sites excluding steroid dienone is 1. The number of ether oxygens (including phenoxy) is 1. The van der Waals surface area contributed by atoms with Gasteiger partial charge >= 0.3 is 6.09 Å². The second-order valence-corrected chi connectivity index (χ2v) is 6.71. The molecule has 2 aromatic rings. The standard InChI is InChI=1S/C23H26NO2.C2H6.2H2/c1-3-9-19-12-7-8-13-21(19)22(20-14-15-20)17(2)26-23(25)24-16-18-10-5-4-6-11-18;1-2;;/h4-8,10-15,17,22H,3,9,16H2,1-2H3,(H,24,25);1-2H3;2*1H/t17-,22-;;;/m1.../s1. The zero-order valence-electron chi connectivity index (χ0n) is 17.4. The van der Waals surface area contributed by atoms with Gasteiger partial charge < -0.3 is 10.1 Å². The molecule has 1 aliphatic rings. The number of nitrogens with one attached hydrogen (secondary N) is 1. The Morgan fingerprint density at radius 2 is 1.71 bits per heavy atom. The maximum Gasteiger partial charge on any atom is 0.407 e. The first-order valence-corrected chi connectivity index (χ1v) is 10.3. The van der Waals surface area contributed by atoms with Crippen molar-refractivity contribution in [2.24, 2.45) is 0 Å². The lowest BCUT2D eigenvalue weighted by Gasteiger charge is -2.25. The highest BCUT2D eigenvalue weighted by Crippen LogP contribution is 2.40. The maximum absolute atomic E-state index is 12.3. The Labute approximate surface area is 172 Å². The number of carbonyl (C=O) groups excluding carboxylic acids is 1. The Morgan fingerprint density at radius 1 is 1.07 bits per heavy atom. The van der Waals surface area contributed by atoms with Gasteiger partial charge in [0.05, 0.1) is 0 Å². The molecule has 153 valence electrons. The Balaban J connectivity index is 0.00000204. The summed E-state index contributed by atoms with van der Waals surface area (Å²) in [5.41, 5.74) is 4.90. The monoisotopic (exact) mass is 382 g/mol. The smallest absolute Gasteiger partial charge is 0.407 e. The lowest BCUT2D eigenvalue weighted by atomic mass is 9.86. The first-order valence-electron chi connectivity index (χ1n) is 10.3. The van der Waals surface area contributed by atoms with Gasteiger partial charge in [-0.1, -0.05) is 93.4 Å². The van der Waals surface area contributed by atoms with Crippen molar-refractivity contribution < 1.29 is 12.4 Å². The summed E-state index contributed by atoms with van der Waals surface area (Å²) in [6.45, 7) is 8.63.